The van der Waals surface area contributed by atoms with Crippen molar-refractivity contribution in [1.82, 2.24) is 9.29 Å². The zero-order chi connectivity index (χ0) is 17.3. The molecule has 1 aromatic heterocycles. The summed E-state index contributed by atoms with van der Waals surface area (Å²) in [4.78, 5) is 4.66. The Balaban J connectivity index is 1.95. The summed E-state index contributed by atoms with van der Waals surface area (Å²) < 4.78 is 27.8. The fourth-order valence-electron chi connectivity index (χ4n) is 3.56. The molecule has 0 atom stereocenters. The van der Waals surface area contributed by atoms with Crippen LogP contribution in [-0.4, -0.2) is 42.5 Å². The summed E-state index contributed by atoms with van der Waals surface area (Å²) in [5, 5.41) is 9.93. The van der Waals surface area contributed by atoms with Crippen LogP contribution in [-0.2, 0) is 10.0 Å². The largest absolute Gasteiger partial charge is 0.396 e. The molecule has 0 amide bonds. The molecule has 0 aliphatic heterocycles. The number of hydrogen-bond acceptors (Lipinski definition) is 4. The minimum Gasteiger partial charge on any atom is -0.396 e. The Morgan fingerprint density at radius 1 is 1.21 bits per heavy atom. The van der Waals surface area contributed by atoms with Gasteiger partial charge < -0.3 is 5.11 Å². The summed E-state index contributed by atoms with van der Waals surface area (Å²) in [7, 11) is -1.91. The first-order valence-electron chi connectivity index (χ1n) is 8.38. The normalized spacial score (nSPS) is 22.2. The molecule has 1 aromatic carbocycles. The van der Waals surface area contributed by atoms with E-state index in [9.17, 15) is 13.5 Å². The molecule has 0 bridgehead atoms. The van der Waals surface area contributed by atoms with E-state index < -0.39 is 10.0 Å². The van der Waals surface area contributed by atoms with Crippen LogP contribution in [0.5, 0.6) is 0 Å². The molecule has 0 radical (unpaired) electrons. The molecule has 5 nitrogen and oxygen atoms in total. The fourth-order valence-corrected chi connectivity index (χ4v) is 5.15. The quantitative estimate of drug-likeness (QED) is 0.922. The monoisotopic (exact) mass is 348 g/mol. The van der Waals surface area contributed by atoms with Gasteiger partial charge in [-0.1, -0.05) is 6.07 Å². The zero-order valence-corrected chi connectivity index (χ0v) is 15.0. The maximum atomic E-state index is 13.2. The van der Waals surface area contributed by atoms with Crippen molar-refractivity contribution in [2.45, 2.75) is 43.5 Å². The minimum absolute atomic E-state index is 0.00850. The van der Waals surface area contributed by atoms with E-state index in [1.54, 1.807) is 25.4 Å². The lowest BCUT2D eigenvalue weighted by molar-refractivity contribution is 0.159. The lowest BCUT2D eigenvalue weighted by Crippen LogP contribution is -2.39. The Morgan fingerprint density at radius 2 is 1.92 bits per heavy atom. The molecule has 1 saturated carbocycles. The standard InChI is InChI=1S/C18H24N2O3S/c1-13-5-10-17(16-4-3-11-19-18(13)16)24(22,23)20(2)15-8-6-14(12-21)7-9-15/h3-5,10-11,14-15,21H,6-9,12H2,1-2H3. The first-order valence-corrected chi connectivity index (χ1v) is 9.82. The van der Waals surface area contributed by atoms with Gasteiger partial charge in [-0.05, 0) is 62.3 Å². The average molecular weight is 348 g/mol. The lowest BCUT2D eigenvalue weighted by atomic mass is 9.87. The number of aryl methyl sites for hydroxylation is 1. The molecule has 1 aliphatic rings. The van der Waals surface area contributed by atoms with Crippen LogP contribution in [0.2, 0.25) is 0 Å². The van der Waals surface area contributed by atoms with Crippen molar-refractivity contribution >= 4 is 20.9 Å². The fraction of sp³-hybridized carbons (Fsp3) is 0.500. The molecule has 1 N–H and O–H groups in total. The SMILES string of the molecule is Cc1ccc(S(=O)(=O)N(C)C2CCC(CO)CC2)c2cccnc12. The molecule has 1 fully saturated rings. The van der Waals surface area contributed by atoms with Crippen LogP contribution in [0.1, 0.15) is 31.2 Å². The van der Waals surface area contributed by atoms with Gasteiger partial charge in [0.1, 0.15) is 0 Å². The first-order chi connectivity index (χ1) is 11.4. The Bertz CT molecular complexity index is 827. The predicted octanol–water partition coefficient (Wildman–Crippen LogP) is 2.71. The summed E-state index contributed by atoms with van der Waals surface area (Å²) >= 11 is 0. The Labute approximate surface area is 143 Å². The van der Waals surface area contributed by atoms with Crippen LogP contribution < -0.4 is 0 Å². The highest BCUT2D eigenvalue weighted by Gasteiger charge is 2.32. The van der Waals surface area contributed by atoms with Gasteiger partial charge >= 0.3 is 0 Å². The van der Waals surface area contributed by atoms with Gasteiger partial charge in [0.05, 0.1) is 10.4 Å². The number of nitrogens with zero attached hydrogens (tertiary/aromatic N) is 2. The number of fused-ring (bicyclic) bond motifs is 1. The second-order valence-electron chi connectivity index (χ2n) is 6.66. The number of pyridine rings is 1. The summed E-state index contributed by atoms with van der Waals surface area (Å²) in [6.45, 7) is 2.13. The van der Waals surface area contributed by atoms with E-state index in [4.69, 9.17) is 0 Å². The number of sulfonamides is 1. The predicted molar refractivity (Wildman–Crippen MR) is 94.3 cm³/mol. The maximum absolute atomic E-state index is 13.2. The summed E-state index contributed by atoms with van der Waals surface area (Å²) in [5.41, 5.74) is 1.70. The number of aliphatic hydroxyl groups excluding tert-OH is 1. The van der Waals surface area contributed by atoms with Gasteiger partial charge in [-0.25, -0.2) is 8.42 Å². The van der Waals surface area contributed by atoms with Gasteiger partial charge in [-0.3, -0.25) is 4.98 Å². The topological polar surface area (TPSA) is 70.5 Å². The van der Waals surface area contributed by atoms with Crippen molar-refractivity contribution in [3.63, 3.8) is 0 Å². The summed E-state index contributed by atoms with van der Waals surface area (Å²) in [6, 6.07) is 7.08. The van der Waals surface area contributed by atoms with Crippen molar-refractivity contribution in [3.8, 4) is 0 Å². The average Bonchev–Trinajstić information content (AvgIpc) is 2.61. The Morgan fingerprint density at radius 3 is 2.58 bits per heavy atom. The second kappa shape index (κ2) is 6.78. The van der Waals surface area contributed by atoms with Gasteiger partial charge in [-0.2, -0.15) is 4.31 Å². The van der Waals surface area contributed by atoms with Crippen molar-refractivity contribution in [3.05, 3.63) is 36.0 Å². The molecule has 6 heteroatoms. The van der Waals surface area contributed by atoms with Gasteiger partial charge in [0.2, 0.25) is 10.0 Å². The Hall–Kier alpha value is -1.50. The molecule has 24 heavy (non-hydrogen) atoms. The highest BCUT2D eigenvalue weighted by molar-refractivity contribution is 7.89. The van der Waals surface area contributed by atoms with E-state index in [0.29, 0.717) is 16.2 Å². The van der Waals surface area contributed by atoms with Crippen molar-refractivity contribution in [2.24, 2.45) is 5.92 Å². The first kappa shape index (κ1) is 17.3. The number of benzene rings is 1. The highest BCUT2D eigenvalue weighted by atomic mass is 32.2. The van der Waals surface area contributed by atoms with E-state index in [2.05, 4.69) is 4.98 Å². The van der Waals surface area contributed by atoms with E-state index in [0.717, 1.165) is 36.8 Å². The van der Waals surface area contributed by atoms with E-state index in [-0.39, 0.29) is 12.6 Å². The number of hydrogen-bond donors (Lipinski definition) is 1. The van der Waals surface area contributed by atoms with Crippen molar-refractivity contribution < 1.29 is 13.5 Å². The molecule has 0 spiro atoms. The Kier molecular flexibility index (Phi) is 4.90. The lowest BCUT2D eigenvalue weighted by Gasteiger charge is -2.33. The molecule has 1 aliphatic carbocycles. The van der Waals surface area contributed by atoms with Gasteiger partial charge in [0.25, 0.3) is 0 Å². The van der Waals surface area contributed by atoms with E-state index >= 15 is 0 Å². The van der Waals surface area contributed by atoms with Crippen LogP contribution in [0.3, 0.4) is 0 Å². The molecule has 3 rings (SSSR count). The smallest absolute Gasteiger partial charge is 0.243 e. The third-order valence-electron chi connectivity index (χ3n) is 5.18. The van der Waals surface area contributed by atoms with Crippen molar-refractivity contribution in [1.29, 1.82) is 0 Å². The summed E-state index contributed by atoms with van der Waals surface area (Å²) in [5.74, 6) is 0.307. The van der Waals surface area contributed by atoms with E-state index in [1.165, 1.54) is 4.31 Å². The van der Waals surface area contributed by atoms with Crippen LogP contribution in [0.25, 0.3) is 10.9 Å². The minimum atomic E-state index is -3.58. The third kappa shape index (κ3) is 3.06. The highest BCUT2D eigenvalue weighted by Crippen LogP contribution is 2.32. The van der Waals surface area contributed by atoms with Crippen LogP contribution in [0.15, 0.2) is 35.4 Å². The van der Waals surface area contributed by atoms with Crippen LogP contribution in [0.4, 0.5) is 0 Å². The number of rotatable bonds is 4. The van der Waals surface area contributed by atoms with E-state index in [1.807, 2.05) is 19.1 Å². The molecular formula is C18H24N2O3S. The zero-order valence-electron chi connectivity index (χ0n) is 14.1. The number of aromatic nitrogens is 1. The van der Waals surface area contributed by atoms with Crippen molar-refractivity contribution in [2.75, 3.05) is 13.7 Å². The van der Waals surface area contributed by atoms with Crippen LogP contribution in [0, 0.1) is 12.8 Å². The molecule has 0 saturated heterocycles. The van der Waals surface area contributed by atoms with Gasteiger partial charge in [-0.15, -0.1) is 0 Å². The molecular weight excluding hydrogens is 324 g/mol. The van der Waals surface area contributed by atoms with Crippen LogP contribution >= 0.6 is 0 Å². The number of aliphatic hydroxyl groups is 1. The molecule has 2 aromatic rings. The molecule has 130 valence electrons. The van der Waals surface area contributed by atoms with Gasteiger partial charge in [0.15, 0.2) is 0 Å². The van der Waals surface area contributed by atoms with Gasteiger partial charge in [0, 0.05) is 31.3 Å². The summed E-state index contributed by atoms with van der Waals surface area (Å²) in [6.07, 6.45) is 5.02. The second-order valence-corrected chi connectivity index (χ2v) is 8.62. The molecule has 0 unspecified atom stereocenters. The third-order valence-corrected chi connectivity index (χ3v) is 7.15. The maximum Gasteiger partial charge on any atom is 0.243 e. The molecule has 1 heterocycles.